The van der Waals surface area contributed by atoms with Gasteiger partial charge in [-0.1, -0.05) is 29.3 Å². The van der Waals surface area contributed by atoms with Crippen molar-refractivity contribution in [2.45, 2.75) is 0 Å². The molecule has 0 radical (unpaired) electrons. The summed E-state index contributed by atoms with van der Waals surface area (Å²) >= 11 is 14.7. The monoisotopic (exact) mass is 362 g/mol. The van der Waals surface area contributed by atoms with Crippen molar-refractivity contribution in [3.05, 3.63) is 55.1 Å². The van der Waals surface area contributed by atoms with Gasteiger partial charge in [0, 0.05) is 18.2 Å². The predicted octanol–water partition coefficient (Wildman–Crippen LogP) is 4.85. The van der Waals surface area contributed by atoms with Crippen molar-refractivity contribution < 1.29 is 9.66 Å². The summed E-state index contributed by atoms with van der Waals surface area (Å²) in [6, 6.07) is 7.38. The summed E-state index contributed by atoms with van der Waals surface area (Å²) in [5, 5.41) is 11.2. The second kappa shape index (κ2) is 5.73. The van der Waals surface area contributed by atoms with E-state index in [1.54, 1.807) is 18.2 Å². The van der Waals surface area contributed by atoms with Gasteiger partial charge in [0.15, 0.2) is 0 Å². The molecule has 0 saturated heterocycles. The number of aromatic nitrogens is 1. The highest BCUT2D eigenvalue weighted by atomic mass is 79.9. The number of nitro groups is 1. The molecule has 2 rings (SSSR count). The van der Waals surface area contributed by atoms with Crippen LogP contribution in [0.5, 0.6) is 11.6 Å². The lowest BCUT2D eigenvalue weighted by molar-refractivity contribution is -0.385. The lowest BCUT2D eigenvalue weighted by Crippen LogP contribution is -1.95. The number of hydrogen-bond donors (Lipinski definition) is 0. The average molecular weight is 364 g/mol. The highest BCUT2D eigenvalue weighted by Gasteiger charge is 2.19. The zero-order valence-corrected chi connectivity index (χ0v) is 12.2. The molecule has 98 valence electrons. The summed E-state index contributed by atoms with van der Waals surface area (Å²) < 4.78 is 5.91. The zero-order chi connectivity index (χ0) is 14.0. The molecule has 2 aromatic rings. The fourth-order valence-corrected chi connectivity index (χ4v) is 1.94. The minimum Gasteiger partial charge on any atom is -0.432 e. The van der Waals surface area contributed by atoms with Crippen LogP contribution in [0.1, 0.15) is 0 Å². The summed E-state index contributed by atoms with van der Waals surface area (Å²) in [6.07, 6.45) is 0. The summed E-state index contributed by atoms with van der Waals surface area (Å²) in [7, 11) is 0. The third kappa shape index (κ3) is 3.34. The molecular formula is C11H5BrCl2N2O3. The third-order valence-electron chi connectivity index (χ3n) is 2.10. The highest BCUT2D eigenvalue weighted by molar-refractivity contribution is 9.10. The van der Waals surface area contributed by atoms with E-state index in [1.807, 2.05) is 0 Å². The van der Waals surface area contributed by atoms with Crippen LogP contribution in [0.25, 0.3) is 0 Å². The smallest absolute Gasteiger partial charge is 0.313 e. The van der Waals surface area contributed by atoms with Crippen molar-refractivity contribution in [1.82, 2.24) is 4.98 Å². The second-order valence-corrected chi connectivity index (χ2v) is 5.02. The molecule has 0 saturated carbocycles. The number of nitrogens with zero attached hydrogens (tertiary/aromatic N) is 2. The lowest BCUT2D eigenvalue weighted by atomic mass is 10.3. The molecule has 5 nitrogen and oxygen atoms in total. The number of halogens is 3. The quantitative estimate of drug-likeness (QED) is 0.444. The molecule has 1 aromatic heterocycles. The number of ether oxygens (including phenoxy) is 1. The van der Waals surface area contributed by atoms with Gasteiger partial charge in [0.05, 0.1) is 15.0 Å². The highest BCUT2D eigenvalue weighted by Crippen LogP contribution is 2.37. The minimum atomic E-state index is -0.602. The summed E-state index contributed by atoms with van der Waals surface area (Å²) in [5.74, 6) is 0.181. The van der Waals surface area contributed by atoms with Gasteiger partial charge in [-0.05, 0) is 22.0 Å². The predicted molar refractivity (Wildman–Crippen MR) is 75.1 cm³/mol. The molecule has 0 atom stereocenters. The fraction of sp³-hybridized carbons (Fsp3) is 0. The molecular weight excluding hydrogens is 359 g/mol. The van der Waals surface area contributed by atoms with Gasteiger partial charge in [-0.15, -0.1) is 0 Å². The van der Waals surface area contributed by atoms with Crippen molar-refractivity contribution in [3.63, 3.8) is 0 Å². The zero-order valence-electron chi connectivity index (χ0n) is 9.14. The Labute approximate surface area is 126 Å². The number of hydrogen-bond acceptors (Lipinski definition) is 4. The fourth-order valence-electron chi connectivity index (χ4n) is 1.30. The van der Waals surface area contributed by atoms with Crippen molar-refractivity contribution in [1.29, 1.82) is 0 Å². The number of benzene rings is 1. The van der Waals surface area contributed by atoms with Gasteiger partial charge < -0.3 is 4.74 Å². The largest absolute Gasteiger partial charge is 0.432 e. The van der Waals surface area contributed by atoms with Crippen molar-refractivity contribution in [2.24, 2.45) is 0 Å². The average Bonchev–Trinajstić information content (AvgIpc) is 2.33. The van der Waals surface area contributed by atoms with E-state index in [0.29, 0.717) is 4.60 Å². The van der Waals surface area contributed by atoms with Gasteiger partial charge in [0.25, 0.3) is 0 Å². The number of pyridine rings is 1. The first kappa shape index (κ1) is 14.0. The van der Waals surface area contributed by atoms with Crippen LogP contribution in [0.4, 0.5) is 5.69 Å². The Morgan fingerprint density at radius 1 is 1.26 bits per heavy atom. The van der Waals surface area contributed by atoms with E-state index in [9.17, 15) is 10.1 Å². The van der Waals surface area contributed by atoms with Gasteiger partial charge in [0.2, 0.25) is 11.6 Å². The normalized spacial score (nSPS) is 10.3. The van der Waals surface area contributed by atoms with E-state index in [0.717, 1.165) is 6.07 Å². The molecule has 0 N–H and O–H groups in total. The maximum atomic E-state index is 10.9. The second-order valence-electron chi connectivity index (χ2n) is 3.39. The summed E-state index contributed by atoms with van der Waals surface area (Å²) in [4.78, 5) is 14.4. The summed E-state index contributed by atoms with van der Waals surface area (Å²) in [6.45, 7) is 0. The topological polar surface area (TPSA) is 65.3 Å². The maximum Gasteiger partial charge on any atom is 0.313 e. The van der Waals surface area contributed by atoms with E-state index in [1.165, 1.54) is 6.07 Å². The van der Waals surface area contributed by atoms with Crippen LogP contribution in [-0.2, 0) is 0 Å². The molecule has 1 heterocycles. The van der Waals surface area contributed by atoms with Crippen LogP contribution >= 0.6 is 39.1 Å². The van der Waals surface area contributed by atoms with Crippen LogP contribution in [0.2, 0.25) is 10.0 Å². The Kier molecular flexibility index (Phi) is 4.24. The molecule has 1 aromatic carbocycles. The first-order valence-electron chi connectivity index (χ1n) is 4.91. The van der Waals surface area contributed by atoms with Gasteiger partial charge in [-0.2, -0.15) is 0 Å². The molecule has 0 aliphatic rings. The molecule has 0 fully saturated rings. The van der Waals surface area contributed by atoms with Gasteiger partial charge in [-0.3, -0.25) is 10.1 Å². The Hall–Kier alpha value is -1.37. The van der Waals surface area contributed by atoms with Crippen molar-refractivity contribution in [2.75, 3.05) is 0 Å². The van der Waals surface area contributed by atoms with E-state index < -0.39 is 4.92 Å². The maximum absolute atomic E-state index is 10.9. The Morgan fingerprint density at radius 2 is 1.95 bits per heavy atom. The van der Waals surface area contributed by atoms with Gasteiger partial charge in [-0.25, -0.2) is 4.98 Å². The first-order valence-corrected chi connectivity index (χ1v) is 6.46. The Bertz CT molecular complexity index is 652. The van der Waals surface area contributed by atoms with E-state index >= 15 is 0 Å². The van der Waals surface area contributed by atoms with Crippen molar-refractivity contribution in [3.8, 4) is 11.6 Å². The van der Waals surface area contributed by atoms with E-state index in [-0.39, 0.29) is 27.4 Å². The van der Waals surface area contributed by atoms with Crippen molar-refractivity contribution >= 4 is 44.8 Å². The van der Waals surface area contributed by atoms with Crippen LogP contribution in [0.15, 0.2) is 34.9 Å². The van der Waals surface area contributed by atoms with E-state index in [4.69, 9.17) is 27.9 Å². The van der Waals surface area contributed by atoms with Crippen LogP contribution < -0.4 is 4.74 Å². The number of nitro benzene ring substituents is 1. The first-order chi connectivity index (χ1) is 8.97. The Morgan fingerprint density at radius 3 is 2.58 bits per heavy atom. The minimum absolute atomic E-state index is 0.0231. The molecule has 0 amide bonds. The molecule has 0 spiro atoms. The third-order valence-corrected chi connectivity index (χ3v) is 3.27. The van der Waals surface area contributed by atoms with Crippen LogP contribution in [-0.4, -0.2) is 9.91 Å². The SMILES string of the molecule is O=[N+]([O-])c1cc(Cl)c(Cl)cc1Oc1cccc(Br)n1. The molecule has 0 aliphatic carbocycles. The Balaban J connectivity index is 2.44. The molecule has 0 unspecified atom stereocenters. The molecule has 0 aliphatic heterocycles. The van der Waals surface area contributed by atoms with Gasteiger partial charge in [0.1, 0.15) is 4.60 Å². The van der Waals surface area contributed by atoms with Crippen LogP contribution in [0.3, 0.4) is 0 Å². The standard InChI is InChI=1S/C11H5BrCl2N2O3/c12-10-2-1-3-11(15-10)19-9-5-7(14)6(13)4-8(9)16(17)18/h1-5H. The molecule has 8 heteroatoms. The number of rotatable bonds is 3. The summed E-state index contributed by atoms with van der Waals surface area (Å²) in [5.41, 5.74) is -0.281. The van der Waals surface area contributed by atoms with E-state index in [2.05, 4.69) is 20.9 Å². The van der Waals surface area contributed by atoms with Gasteiger partial charge >= 0.3 is 5.69 Å². The molecule has 0 bridgehead atoms. The van der Waals surface area contributed by atoms with Crippen LogP contribution in [0, 0.1) is 10.1 Å². The lowest BCUT2D eigenvalue weighted by Gasteiger charge is -2.07. The molecule has 19 heavy (non-hydrogen) atoms.